The lowest BCUT2D eigenvalue weighted by Gasteiger charge is -2.03. The van der Waals surface area contributed by atoms with Crippen LogP contribution in [0.25, 0.3) is 0 Å². The van der Waals surface area contributed by atoms with Crippen LogP contribution < -0.4 is 0 Å². The van der Waals surface area contributed by atoms with Crippen LogP contribution in [0.5, 0.6) is 0 Å². The topological polar surface area (TPSA) is 47.9 Å². The van der Waals surface area contributed by atoms with Crippen LogP contribution in [0, 0.1) is 0 Å². The fourth-order valence-electron chi connectivity index (χ4n) is 0.446. The molecular formula is C7H13NO3S. The van der Waals surface area contributed by atoms with Crippen LogP contribution in [0.1, 0.15) is 13.3 Å². The Labute approximate surface area is 76.3 Å². The molecule has 0 fully saturated rings. The van der Waals surface area contributed by atoms with Gasteiger partial charge >= 0.3 is 6.09 Å². The molecule has 12 heavy (non-hydrogen) atoms. The summed E-state index contributed by atoms with van der Waals surface area (Å²) in [5, 5.41) is 0.351. The number of amides is 1. The molecular weight excluding hydrogens is 178 g/mol. The van der Waals surface area contributed by atoms with Crippen LogP contribution in [0.4, 0.5) is 4.79 Å². The van der Waals surface area contributed by atoms with Gasteiger partial charge in [-0.05, 0) is 12.7 Å². The zero-order valence-electron chi connectivity index (χ0n) is 7.49. The van der Waals surface area contributed by atoms with Crippen LogP contribution in [0.2, 0.25) is 0 Å². The molecule has 0 saturated carbocycles. The second-order valence-electron chi connectivity index (χ2n) is 1.90. The summed E-state index contributed by atoms with van der Waals surface area (Å²) in [5.41, 5.74) is 0. The van der Waals surface area contributed by atoms with E-state index in [1.54, 1.807) is 6.26 Å². The Bertz CT molecular complexity index is 170. The van der Waals surface area contributed by atoms with Crippen molar-refractivity contribution in [1.82, 2.24) is 0 Å². The van der Waals surface area contributed by atoms with Gasteiger partial charge in [-0.1, -0.05) is 18.7 Å². The second-order valence-corrected chi connectivity index (χ2v) is 2.66. The van der Waals surface area contributed by atoms with E-state index in [1.165, 1.54) is 18.9 Å². The molecule has 0 aliphatic rings. The Kier molecular flexibility index (Phi) is 6.55. The summed E-state index contributed by atoms with van der Waals surface area (Å²) in [6, 6.07) is 0. The van der Waals surface area contributed by atoms with Gasteiger partial charge in [0.1, 0.15) is 0 Å². The first kappa shape index (κ1) is 11.3. The molecule has 4 nitrogen and oxygen atoms in total. The number of ether oxygens (including phenoxy) is 2. The van der Waals surface area contributed by atoms with Crippen LogP contribution in [0.15, 0.2) is 4.99 Å². The van der Waals surface area contributed by atoms with Gasteiger partial charge in [0.15, 0.2) is 0 Å². The Morgan fingerprint density at radius 1 is 1.58 bits per heavy atom. The molecule has 0 heterocycles. The summed E-state index contributed by atoms with van der Waals surface area (Å²) in [6.45, 7) is 2.55. The van der Waals surface area contributed by atoms with Gasteiger partial charge in [0.2, 0.25) is 0 Å². The third-order valence-electron chi connectivity index (χ3n) is 0.961. The molecule has 5 heteroatoms. The molecule has 0 rings (SSSR count). The summed E-state index contributed by atoms with van der Waals surface area (Å²) < 4.78 is 9.47. The predicted molar refractivity (Wildman–Crippen MR) is 49.6 cm³/mol. The summed E-state index contributed by atoms with van der Waals surface area (Å²) in [7, 11) is 1.28. The van der Waals surface area contributed by atoms with Gasteiger partial charge in [-0.3, -0.25) is 0 Å². The maximum absolute atomic E-state index is 10.6. The van der Waals surface area contributed by atoms with Crippen molar-refractivity contribution in [1.29, 1.82) is 0 Å². The van der Waals surface area contributed by atoms with E-state index in [-0.39, 0.29) is 0 Å². The highest BCUT2D eigenvalue weighted by Crippen LogP contribution is 2.01. The molecule has 0 unspecified atom stereocenters. The van der Waals surface area contributed by atoms with E-state index < -0.39 is 6.09 Å². The number of aliphatic imine (C=N–C) groups is 1. The number of hydrogen-bond acceptors (Lipinski definition) is 4. The number of rotatable bonds is 2. The average molecular weight is 191 g/mol. The number of carbonyl (C=O) groups is 1. The third kappa shape index (κ3) is 5.01. The Morgan fingerprint density at radius 2 is 2.25 bits per heavy atom. The summed E-state index contributed by atoms with van der Waals surface area (Å²) in [4.78, 5) is 14.2. The van der Waals surface area contributed by atoms with Crippen molar-refractivity contribution in [3.05, 3.63) is 0 Å². The zero-order valence-corrected chi connectivity index (χ0v) is 8.31. The molecule has 0 aromatic rings. The maximum atomic E-state index is 10.6. The first-order valence-corrected chi connectivity index (χ1v) is 4.80. The predicted octanol–water partition coefficient (Wildman–Crippen LogP) is 1.90. The highest BCUT2D eigenvalue weighted by Gasteiger charge is 2.02. The lowest BCUT2D eigenvalue weighted by molar-refractivity contribution is 0.181. The van der Waals surface area contributed by atoms with E-state index in [1.807, 2.05) is 6.92 Å². The van der Waals surface area contributed by atoms with E-state index in [0.29, 0.717) is 11.8 Å². The zero-order chi connectivity index (χ0) is 9.40. The fourth-order valence-corrected chi connectivity index (χ4v) is 0.813. The minimum absolute atomic E-state index is 0.351. The lowest BCUT2D eigenvalue weighted by atomic mass is 10.5. The first-order chi connectivity index (χ1) is 5.74. The van der Waals surface area contributed by atoms with Crippen molar-refractivity contribution in [3.63, 3.8) is 0 Å². The Balaban J connectivity index is 3.94. The summed E-state index contributed by atoms with van der Waals surface area (Å²) in [5.74, 6) is 0. The van der Waals surface area contributed by atoms with Crippen LogP contribution in [-0.4, -0.2) is 31.3 Å². The number of methoxy groups -OCH3 is 1. The molecule has 0 atom stereocenters. The first-order valence-electron chi connectivity index (χ1n) is 3.58. The van der Waals surface area contributed by atoms with Gasteiger partial charge in [-0.25, -0.2) is 4.79 Å². The van der Waals surface area contributed by atoms with Crippen molar-refractivity contribution < 1.29 is 14.3 Å². The van der Waals surface area contributed by atoms with Crippen LogP contribution in [0.3, 0.4) is 0 Å². The van der Waals surface area contributed by atoms with E-state index in [0.717, 1.165) is 6.42 Å². The minimum atomic E-state index is -0.629. The van der Waals surface area contributed by atoms with Crippen molar-refractivity contribution in [2.75, 3.05) is 20.0 Å². The standard InChI is InChI=1S/C7H13NO3S/c1-4-5-11-7(12-3)8-6(9)10-2/h4-5H2,1-3H3/b8-7+. The van der Waals surface area contributed by atoms with E-state index >= 15 is 0 Å². The normalized spacial score (nSPS) is 11.1. The summed E-state index contributed by atoms with van der Waals surface area (Å²) in [6.07, 6.45) is 2.05. The molecule has 0 aromatic carbocycles. The monoisotopic (exact) mass is 191 g/mol. The molecule has 0 bridgehead atoms. The van der Waals surface area contributed by atoms with Crippen molar-refractivity contribution >= 4 is 23.1 Å². The highest BCUT2D eigenvalue weighted by molar-refractivity contribution is 8.13. The molecule has 70 valence electrons. The van der Waals surface area contributed by atoms with Gasteiger partial charge in [-0.2, -0.15) is 0 Å². The van der Waals surface area contributed by atoms with Gasteiger partial charge in [0, 0.05) is 0 Å². The van der Waals surface area contributed by atoms with Crippen molar-refractivity contribution in [2.24, 2.45) is 4.99 Å². The molecule has 0 saturated heterocycles. The molecule has 0 radical (unpaired) electrons. The average Bonchev–Trinajstić information content (AvgIpc) is 2.11. The van der Waals surface area contributed by atoms with Gasteiger partial charge in [0.05, 0.1) is 13.7 Å². The molecule has 0 spiro atoms. The quantitative estimate of drug-likeness (QED) is 0.494. The molecule has 0 aliphatic carbocycles. The third-order valence-corrected chi connectivity index (χ3v) is 1.52. The molecule has 0 aliphatic heterocycles. The smallest absolute Gasteiger partial charge is 0.437 e. The fraction of sp³-hybridized carbons (Fsp3) is 0.714. The number of thioether (sulfide) groups is 1. The van der Waals surface area contributed by atoms with Crippen LogP contribution in [-0.2, 0) is 9.47 Å². The number of carbonyl (C=O) groups excluding carboxylic acids is 1. The van der Waals surface area contributed by atoms with Gasteiger partial charge in [0.25, 0.3) is 5.23 Å². The van der Waals surface area contributed by atoms with Crippen LogP contribution >= 0.6 is 11.8 Å². The number of hydrogen-bond donors (Lipinski definition) is 0. The Hall–Kier alpha value is -0.710. The SMILES string of the molecule is CCCO/C(=N\C(=O)OC)SC. The van der Waals surface area contributed by atoms with E-state index in [4.69, 9.17) is 4.74 Å². The molecule has 0 aromatic heterocycles. The Morgan fingerprint density at radius 3 is 2.67 bits per heavy atom. The highest BCUT2D eigenvalue weighted by atomic mass is 32.2. The largest absolute Gasteiger partial charge is 0.473 e. The van der Waals surface area contributed by atoms with E-state index in [9.17, 15) is 4.79 Å². The van der Waals surface area contributed by atoms with Crippen molar-refractivity contribution in [3.8, 4) is 0 Å². The van der Waals surface area contributed by atoms with Crippen molar-refractivity contribution in [2.45, 2.75) is 13.3 Å². The van der Waals surface area contributed by atoms with Gasteiger partial charge < -0.3 is 9.47 Å². The second kappa shape index (κ2) is 6.97. The summed E-state index contributed by atoms with van der Waals surface area (Å²) >= 11 is 1.28. The van der Waals surface area contributed by atoms with E-state index in [2.05, 4.69) is 9.73 Å². The van der Waals surface area contributed by atoms with Gasteiger partial charge in [-0.15, -0.1) is 4.99 Å². The molecule has 0 N–H and O–H groups in total. The lowest BCUT2D eigenvalue weighted by Crippen LogP contribution is -2.05. The number of nitrogens with zero attached hydrogens (tertiary/aromatic N) is 1. The molecule has 1 amide bonds. The minimum Gasteiger partial charge on any atom is -0.473 e. The maximum Gasteiger partial charge on any atom is 0.437 e.